The number of phenolic OH excluding ortho intramolecular Hbond substituents is 1. The lowest BCUT2D eigenvalue weighted by atomic mass is 9.72. The molecule has 2 aromatic heterocycles. The first-order valence-corrected chi connectivity index (χ1v) is 12.8. The van der Waals surface area contributed by atoms with Crippen molar-refractivity contribution in [2.45, 2.75) is 63.6 Å². The molecule has 1 unspecified atom stereocenters. The molecule has 4 rings (SSSR count). The molecule has 0 aliphatic heterocycles. The van der Waals surface area contributed by atoms with Crippen molar-refractivity contribution in [3.63, 3.8) is 0 Å². The van der Waals surface area contributed by atoms with Crippen molar-refractivity contribution in [2.75, 3.05) is 20.1 Å². The number of rotatable bonds is 9. The molecule has 3 aromatic rings. The SMILES string of the molecule is CCN(C)CC1=Cc2cc(CC(O)(CC(C)(C)c3cc(-c4cncnc4)ccc3O)C(F)(F)F)[nH]c2CC1. The van der Waals surface area contributed by atoms with Crippen LogP contribution in [0, 0.1) is 0 Å². The molecule has 0 radical (unpaired) electrons. The van der Waals surface area contributed by atoms with Crippen LogP contribution in [0.4, 0.5) is 13.2 Å². The van der Waals surface area contributed by atoms with E-state index in [2.05, 4.69) is 26.8 Å². The molecule has 0 saturated carbocycles. The lowest BCUT2D eigenvalue weighted by molar-refractivity contribution is -0.266. The van der Waals surface area contributed by atoms with E-state index in [1.54, 1.807) is 44.4 Å². The van der Waals surface area contributed by atoms with E-state index in [9.17, 15) is 23.4 Å². The van der Waals surface area contributed by atoms with Crippen LogP contribution in [0.15, 0.2) is 48.6 Å². The number of likely N-dealkylation sites (N-methyl/N-ethyl adjacent to an activating group) is 1. The third kappa shape index (κ3) is 5.94. The number of aliphatic hydroxyl groups is 1. The van der Waals surface area contributed by atoms with Gasteiger partial charge in [-0.1, -0.05) is 38.5 Å². The number of alkyl halides is 3. The highest BCUT2D eigenvalue weighted by Crippen LogP contribution is 2.45. The monoisotopic (exact) mass is 528 g/mol. The summed E-state index contributed by atoms with van der Waals surface area (Å²) in [4.78, 5) is 13.3. The lowest BCUT2D eigenvalue weighted by Gasteiger charge is -2.38. The van der Waals surface area contributed by atoms with E-state index < -0.39 is 30.0 Å². The molecule has 3 N–H and O–H groups in total. The maximum absolute atomic E-state index is 14.4. The summed E-state index contributed by atoms with van der Waals surface area (Å²) >= 11 is 0. The predicted molar refractivity (Wildman–Crippen MR) is 142 cm³/mol. The summed E-state index contributed by atoms with van der Waals surface area (Å²) < 4.78 is 43.3. The summed E-state index contributed by atoms with van der Waals surface area (Å²) in [5.41, 5.74) is 0.749. The van der Waals surface area contributed by atoms with Gasteiger partial charge in [0.05, 0.1) is 0 Å². The number of hydrogen-bond donors (Lipinski definition) is 3. The first-order chi connectivity index (χ1) is 17.8. The molecule has 0 amide bonds. The van der Waals surface area contributed by atoms with Gasteiger partial charge < -0.3 is 20.1 Å². The Bertz CT molecular complexity index is 1300. The summed E-state index contributed by atoms with van der Waals surface area (Å²) in [5, 5.41) is 21.8. The molecule has 6 nitrogen and oxygen atoms in total. The van der Waals surface area contributed by atoms with Gasteiger partial charge in [0.2, 0.25) is 0 Å². The molecule has 0 saturated heterocycles. The number of nitrogens with one attached hydrogen (secondary N) is 1. The van der Waals surface area contributed by atoms with Gasteiger partial charge in [0.1, 0.15) is 12.1 Å². The van der Waals surface area contributed by atoms with Crippen LogP contribution in [0.3, 0.4) is 0 Å². The van der Waals surface area contributed by atoms with Gasteiger partial charge >= 0.3 is 6.18 Å². The first-order valence-electron chi connectivity index (χ1n) is 12.8. The van der Waals surface area contributed by atoms with Gasteiger partial charge in [-0.15, -0.1) is 0 Å². The van der Waals surface area contributed by atoms with Crippen LogP contribution in [-0.4, -0.2) is 62.0 Å². The molecule has 0 spiro atoms. The van der Waals surface area contributed by atoms with Crippen molar-refractivity contribution in [1.29, 1.82) is 0 Å². The zero-order valence-electron chi connectivity index (χ0n) is 22.2. The molecule has 2 heterocycles. The second kappa shape index (κ2) is 10.5. The van der Waals surface area contributed by atoms with E-state index in [0.717, 1.165) is 37.2 Å². The van der Waals surface area contributed by atoms with E-state index in [1.807, 2.05) is 13.1 Å². The highest BCUT2D eigenvalue weighted by atomic mass is 19.4. The van der Waals surface area contributed by atoms with E-state index in [1.165, 1.54) is 18.0 Å². The molecule has 1 atom stereocenters. The molecule has 38 heavy (non-hydrogen) atoms. The van der Waals surface area contributed by atoms with E-state index in [4.69, 9.17) is 0 Å². The molecule has 1 aliphatic carbocycles. The molecule has 1 aliphatic rings. The summed E-state index contributed by atoms with van der Waals surface area (Å²) in [6, 6.07) is 6.47. The second-order valence-electron chi connectivity index (χ2n) is 11.0. The molecular weight excluding hydrogens is 493 g/mol. The number of halogens is 3. The average molecular weight is 529 g/mol. The van der Waals surface area contributed by atoms with E-state index in [0.29, 0.717) is 22.4 Å². The fraction of sp³-hybridized carbons (Fsp3) is 0.448. The first kappa shape index (κ1) is 27.9. The number of phenols is 1. The number of aromatic hydroxyl groups is 1. The fourth-order valence-electron chi connectivity index (χ4n) is 5.28. The number of fused-ring (bicyclic) bond motifs is 1. The number of nitrogens with zero attached hydrogens (tertiary/aromatic N) is 3. The van der Waals surface area contributed by atoms with Gasteiger partial charge in [0.25, 0.3) is 0 Å². The van der Waals surface area contributed by atoms with Crippen LogP contribution in [-0.2, 0) is 18.3 Å². The lowest BCUT2D eigenvalue weighted by Crippen LogP contribution is -2.50. The van der Waals surface area contributed by atoms with Gasteiger partial charge in [-0.05, 0) is 67.6 Å². The standard InChI is InChI=1S/C29H35F3N4O2/c1-5-36(4)16-19-6-8-25-21(10-19)11-23(35-25)13-28(38,29(30,31)32)17-27(2,3)24-12-20(7-9-26(24)37)22-14-33-18-34-15-22/h7,9-12,14-15,18,35,37-38H,5-6,8,13,16-17H2,1-4H3. The van der Waals surface area contributed by atoms with Crippen molar-refractivity contribution in [2.24, 2.45) is 0 Å². The van der Waals surface area contributed by atoms with Gasteiger partial charge in [-0.25, -0.2) is 9.97 Å². The van der Waals surface area contributed by atoms with Gasteiger partial charge in [-0.3, -0.25) is 0 Å². The molecule has 1 aromatic carbocycles. The smallest absolute Gasteiger partial charge is 0.417 e. The van der Waals surface area contributed by atoms with Gasteiger partial charge in [0, 0.05) is 47.9 Å². The summed E-state index contributed by atoms with van der Waals surface area (Å²) in [6.07, 6.45) is 2.03. The largest absolute Gasteiger partial charge is 0.508 e. The van der Waals surface area contributed by atoms with Crippen LogP contribution in [0.5, 0.6) is 5.75 Å². The van der Waals surface area contributed by atoms with Crippen LogP contribution in [0.2, 0.25) is 0 Å². The zero-order chi connectivity index (χ0) is 27.7. The highest BCUT2D eigenvalue weighted by Gasteiger charge is 2.56. The fourth-order valence-corrected chi connectivity index (χ4v) is 5.28. The minimum Gasteiger partial charge on any atom is -0.508 e. The topological polar surface area (TPSA) is 85.3 Å². The maximum atomic E-state index is 14.4. The van der Waals surface area contributed by atoms with Crippen molar-refractivity contribution < 1.29 is 23.4 Å². The number of H-pyrrole nitrogens is 1. The third-order valence-corrected chi connectivity index (χ3v) is 7.42. The molecular formula is C29H35F3N4O2. The maximum Gasteiger partial charge on any atom is 0.417 e. The summed E-state index contributed by atoms with van der Waals surface area (Å²) in [5.74, 6) is -0.134. The highest BCUT2D eigenvalue weighted by molar-refractivity contribution is 5.65. The summed E-state index contributed by atoms with van der Waals surface area (Å²) in [6.45, 7) is 7.00. The van der Waals surface area contributed by atoms with Crippen LogP contribution in [0.1, 0.15) is 56.1 Å². The van der Waals surface area contributed by atoms with Gasteiger partial charge in [0.15, 0.2) is 5.60 Å². The minimum absolute atomic E-state index is 0.134. The average Bonchev–Trinajstić information content (AvgIpc) is 3.24. The number of aromatic amines is 1. The Morgan fingerprint density at radius 2 is 1.76 bits per heavy atom. The summed E-state index contributed by atoms with van der Waals surface area (Å²) in [7, 11) is 2.03. The predicted octanol–water partition coefficient (Wildman–Crippen LogP) is 5.66. The Hall–Kier alpha value is -3.17. The Morgan fingerprint density at radius 3 is 2.42 bits per heavy atom. The number of aromatic nitrogens is 3. The Morgan fingerprint density at radius 1 is 1.05 bits per heavy atom. The van der Waals surface area contributed by atoms with Crippen molar-refractivity contribution >= 4 is 6.08 Å². The van der Waals surface area contributed by atoms with Crippen molar-refractivity contribution in [3.8, 4) is 16.9 Å². The second-order valence-corrected chi connectivity index (χ2v) is 11.0. The van der Waals surface area contributed by atoms with Crippen LogP contribution < -0.4 is 0 Å². The minimum atomic E-state index is -4.89. The van der Waals surface area contributed by atoms with Crippen molar-refractivity contribution in [3.05, 3.63) is 71.1 Å². The Balaban J connectivity index is 1.62. The molecule has 9 heteroatoms. The Labute approximate surface area is 221 Å². The molecule has 0 bridgehead atoms. The van der Waals surface area contributed by atoms with Crippen molar-refractivity contribution in [1.82, 2.24) is 19.9 Å². The normalized spacial score (nSPS) is 15.8. The zero-order valence-corrected chi connectivity index (χ0v) is 22.2. The molecule has 0 fully saturated rings. The third-order valence-electron chi connectivity index (χ3n) is 7.42. The van der Waals surface area contributed by atoms with Gasteiger partial charge in [-0.2, -0.15) is 13.2 Å². The van der Waals surface area contributed by atoms with E-state index >= 15 is 0 Å². The number of benzene rings is 1. The quantitative estimate of drug-likeness (QED) is 0.334. The number of aryl methyl sites for hydroxylation is 1. The van der Waals surface area contributed by atoms with Crippen LogP contribution >= 0.6 is 0 Å². The van der Waals surface area contributed by atoms with Crippen LogP contribution in [0.25, 0.3) is 17.2 Å². The number of hydrogen-bond acceptors (Lipinski definition) is 5. The van der Waals surface area contributed by atoms with E-state index in [-0.39, 0.29) is 5.75 Å². The Kier molecular flexibility index (Phi) is 7.72. The molecule has 204 valence electrons.